The topological polar surface area (TPSA) is 82.3 Å². The van der Waals surface area contributed by atoms with Crippen molar-refractivity contribution in [3.05, 3.63) is 11.6 Å². The van der Waals surface area contributed by atoms with Gasteiger partial charge in [0.05, 0.1) is 5.54 Å². The zero-order valence-electron chi connectivity index (χ0n) is 11.8. The Morgan fingerprint density at radius 2 is 1.85 bits per heavy atom. The zero-order valence-corrected chi connectivity index (χ0v) is 11.8. The molecule has 4 bridgehead atoms. The number of hydrogen-bond acceptors (Lipinski definition) is 2. The molecule has 20 heavy (non-hydrogen) atoms. The molecule has 4 N–H and O–H groups in total. The average Bonchev–Trinajstić information content (AvgIpc) is 2.34. The summed E-state index contributed by atoms with van der Waals surface area (Å²) in [5.41, 5.74) is 6.05. The molecule has 0 aliphatic heterocycles. The average molecular weight is 278 g/mol. The minimum Gasteiger partial charge on any atom is -0.337 e. The predicted molar refractivity (Wildman–Crippen MR) is 74.8 cm³/mol. The summed E-state index contributed by atoms with van der Waals surface area (Å²) in [5.74, 6) is 1.44. The van der Waals surface area contributed by atoms with Crippen LogP contribution in [0.2, 0.25) is 0 Å². The fourth-order valence-electron chi connectivity index (χ4n) is 4.23. The van der Waals surface area contributed by atoms with Crippen molar-refractivity contribution < 1.29 is 9.59 Å². The molecule has 6 nitrogen and oxygen atoms in total. The number of rotatable bonds is 2. The lowest BCUT2D eigenvalue weighted by atomic mass is 9.58. The number of nitrogens with one attached hydrogen (secondary N) is 4. The van der Waals surface area contributed by atoms with Gasteiger partial charge in [0.25, 0.3) is 0 Å². The van der Waals surface area contributed by atoms with E-state index in [2.05, 4.69) is 27.6 Å². The molecule has 0 saturated heterocycles. The molecule has 0 aromatic rings. The molecule has 2 atom stereocenters. The molecule has 4 aliphatic carbocycles. The first-order chi connectivity index (χ1) is 9.58. The standard InChI is InChI=1S/C14H22N4O2/c1-2-15-12(19)17-18-13(20)16-14-6-9-3-10(7-14)5-11(4-9)8-14/h6,10-11H,2-5,7-8H2,1H3,(H2,15,17,19)(H2,16,18,20). The highest BCUT2D eigenvalue weighted by Gasteiger charge is 2.47. The Kier molecular flexibility index (Phi) is 3.31. The minimum atomic E-state index is -0.397. The van der Waals surface area contributed by atoms with Crippen molar-refractivity contribution in [1.29, 1.82) is 0 Å². The highest BCUT2D eigenvalue weighted by Crippen LogP contribution is 2.52. The molecule has 0 spiro atoms. The molecule has 110 valence electrons. The smallest absolute Gasteiger partial charge is 0.334 e. The quantitative estimate of drug-likeness (QED) is 0.455. The van der Waals surface area contributed by atoms with Crippen molar-refractivity contribution in [3.8, 4) is 0 Å². The van der Waals surface area contributed by atoms with Crippen LogP contribution in [0.25, 0.3) is 0 Å². The summed E-state index contributed by atoms with van der Waals surface area (Å²) in [7, 11) is 0. The minimum absolute atomic E-state index is 0.188. The number of allylic oxidation sites excluding steroid dienone is 1. The van der Waals surface area contributed by atoms with Crippen LogP contribution < -0.4 is 21.5 Å². The fourth-order valence-corrected chi connectivity index (χ4v) is 4.23. The molecule has 2 unspecified atom stereocenters. The first kappa shape index (κ1) is 13.3. The van der Waals surface area contributed by atoms with E-state index in [1.807, 2.05) is 6.92 Å². The Morgan fingerprint density at radius 1 is 1.20 bits per heavy atom. The summed E-state index contributed by atoms with van der Waals surface area (Å²) in [6.45, 7) is 2.34. The first-order valence-electron chi connectivity index (χ1n) is 7.41. The van der Waals surface area contributed by atoms with Gasteiger partial charge in [-0.2, -0.15) is 0 Å². The van der Waals surface area contributed by atoms with Gasteiger partial charge >= 0.3 is 12.1 Å². The second kappa shape index (κ2) is 5.00. The SMILES string of the molecule is CCNC(=O)NNC(=O)NC12C=C3CC(CC(C3)C1)C2. The second-order valence-electron chi connectivity index (χ2n) is 6.31. The van der Waals surface area contributed by atoms with Gasteiger partial charge in [-0.05, 0) is 50.9 Å². The van der Waals surface area contributed by atoms with Crippen LogP contribution in [0.15, 0.2) is 11.6 Å². The molecule has 4 rings (SSSR count). The maximum Gasteiger partial charge on any atom is 0.334 e. The maximum absolute atomic E-state index is 11.9. The third-order valence-electron chi connectivity index (χ3n) is 4.54. The lowest BCUT2D eigenvalue weighted by Gasteiger charge is -2.51. The summed E-state index contributed by atoms with van der Waals surface area (Å²) in [4.78, 5) is 23.2. The zero-order chi connectivity index (χ0) is 14.2. The van der Waals surface area contributed by atoms with Crippen LogP contribution in [0.4, 0.5) is 9.59 Å². The summed E-state index contributed by atoms with van der Waals surface area (Å²) >= 11 is 0. The van der Waals surface area contributed by atoms with E-state index in [4.69, 9.17) is 0 Å². The highest BCUT2D eigenvalue weighted by atomic mass is 16.2. The molecule has 4 aliphatic rings. The molecule has 2 fully saturated rings. The Bertz CT molecular complexity index is 444. The van der Waals surface area contributed by atoms with Crippen LogP contribution >= 0.6 is 0 Å². The van der Waals surface area contributed by atoms with Gasteiger partial charge in [0.2, 0.25) is 0 Å². The number of urea groups is 2. The summed E-state index contributed by atoms with van der Waals surface area (Å²) < 4.78 is 0. The van der Waals surface area contributed by atoms with E-state index in [0.29, 0.717) is 6.54 Å². The summed E-state index contributed by atoms with van der Waals surface area (Å²) in [5, 5.41) is 5.61. The van der Waals surface area contributed by atoms with Crippen LogP contribution in [0.3, 0.4) is 0 Å². The largest absolute Gasteiger partial charge is 0.337 e. The maximum atomic E-state index is 11.9. The highest BCUT2D eigenvalue weighted by molar-refractivity contribution is 5.80. The molecular formula is C14H22N4O2. The molecule has 4 amide bonds. The van der Waals surface area contributed by atoms with Gasteiger partial charge in [-0.25, -0.2) is 20.4 Å². The molecular weight excluding hydrogens is 256 g/mol. The monoisotopic (exact) mass is 278 g/mol. The third-order valence-corrected chi connectivity index (χ3v) is 4.54. The van der Waals surface area contributed by atoms with Crippen molar-refractivity contribution in [2.24, 2.45) is 11.8 Å². The van der Waals surface area contributed by atoms with E-state index < -0.39 is 6.03 Å². The van der Waals surface area contributed by atoms with Gasteiger partial charge in [-0.15, -0.1) is 0 Å². The molecule has 0 heterocycles. The van der Waals surface area contributed by atoms with E-state index in [-0.39, 0.29) is 11.6 Å². The molecule has 0 aromatic carbocycles. The predicted octanol–water partition coefficient (Wildman–Crippen LogP) is 1.41. The van der Waals surface area contributed by atoms with Crippen molar-refractivity contribution >= 4 is 12.1 Å². The number of hydrogen-bond donors (Lipinski definition) is 4. The lowest BCUT2D eigenvalue weighted by molar-refractivity contribution is 0.120. The van der Waals surface area contributed by atoms with Crippen LogP contribution in [0, 0.1) is 11.8 Å². The summed E-state index contributed by atoms with van der Waals surface area (Å²) in [6.07, 6.45) is 8.03. The number of hydrazine groups is 1. The molecule has 6 heteroatoms. The van der Waals surface area contributed by atoms with E-state index in [0.717, 1.165) is 24.7 Å². The molecule has 0 radical (unpaired) electrons. The lowest BCUT2D eigenvalue weighted by Crippen LogP contribution is -2.60. The van der Waals surface area contributed by atoms with Gasteiger partial charge in [0.15, 0.2) is 0 Å². The van der Waals surface area contributed by atoms with E-state index >= 15 is 0 Å². The van der Waals surface area contributed by atoms with E-state index in [1.165, 1.54) is 24.8 Å². The van der Waals surface area contributed by atoms with Crippen LogP contribution in [-0.2, 0) is 0 Å². The van der Waals surface area contributed by atoms with E-state index in [1.54, 1.807) is 0 Å². The molecule has 2 saturated carbocycles. The van der Waals surface area contributed by atoms with Crippen molar-refractivity contribution in [1.82, 2.24) is 21.5 Å². The van der Waals surface area contributed by atoms with E-state index in [9.17, 15) is 9.59 Å². The molecule has 0 aromatic heterocycles. The second-order valence-corrected chi connectivity index (χ2v) is 6.31. The Hall–Kier alpha value is -1.72. The van der Waals surface area contributed by atoms with Crippen molar-refractivity contribution in [3.63, 3.8) is 0 Å². The fraction of sp³-hybridized carbons (Fsp3) is 0.714. The third kappa shape index (κ3) is 2.59. The van der Waals surface area contributed by atoms with Crippen LogP contribution in [0.5, 0.6) is 0 Å². The van der Waals surface area contributed by atoms with Gasteiger partial charge in [0, 0.05) is 6.54 Å². The van der Waals surface area contributed by atoms with Crippen molar-refractivity contribution in [2.45, 2.75) is 44.6 Å². The van der Waals surface area contributed by atoms with Gasteiger partial charge in [0.1, 0.15) is 0 Å². The summed E-state index contributed by atoms with van der Waals surface area (Å²) in [6, 6.07) is -0.735. The normalized spacial score (nSPS) is 33.4. The number of carbonyl (C=O) groups excluding carboxylic acids is 2. The van der Waals surface area contributed by atoms with Crippen molar-refractivity contribution in [2.75, 3.05) is 6.54 Å². The Balaban J connectivity index is 1.56. The number of carbonyl (C=O) groups is 2. The first-order valence-corrected chi connectivity index (χ1v) is 7.41. The van der Waals surface area contributed by atoms with Gasteiger partial charge in [-0.3, -0.25) is 0 Å². The Labute approximate surface area is 118 Å². The van der Waals surface area contributed by atoms with Crippen LogP contribution in [-0.4, -0.2) is 24.1 Å². The number of amides is 4. The van der Waals surface area contributed by atoms with Gasteiger partial charge in [-0.1, -0.05) is 11.6 Å². The van der Waals surface area contributed by atoms with Crippen LogP contribution in [0.1, 0.15) is 39.0 Å². The Morgan fingerprint density at radius 3 is 2.45 bits per heavy atom. The van der Waals surface area contributed by atoms with Gasteiger partial charge < -0.3 is 10.6 Å².